The van der Waals surface area contributed by atoms with Gasteiger partial charge in [-0.15, -0.1) is 0 Å². The minimum atomic E-state index is -1.26. The van der Waals surface area contributed by atoms with Crippen LogP contribution < -0.4 is 22.1 Å². The molecule has 1 rings (SSSR count). The van der Waals surface area contributed by atoms with E-state index < -0.39 is 36.3 Å². The Morgan fingerprint density at radius 3 is 2.43 bits per heavy atom. The molecule has 1 aromatic carbocycles. The molecular weight excluding hydrogens is 372 g/mol. The van der Waals surface area contributed by atoms with Crippen LogP contribution >= 0.6 is 0 Å². The molecule has 156 valence electrons. The number of hydrogen-bond donors (Lipinski definition) is 6. The molecule has 2 amide bonds. The third-order valence-electron chi connectivity index (χ3n) is 3.53. The number of nitrogens with one attached hydrogen (secondary N) is 2. The summed E-state index contributed by atoms with van der Waals surface area (Å²) in [6, 6.07) is 7.83. The summed E-state index contributed by atoms with van der Waals surface area (Å²) in [6.07, 6.45) is -3.40. The van der Waals surface area contributed by atoms with Crippen molar-refractivity contribution < 1.29 is 34.1 Å². The quantitative estimate of drug-likeness (QED) is 0.180. The lowest BCUT2D eigenvalue weighted by Gasteiger charge is -2.20. The molecule has 28 heavy (non-hydrogen) atoms. The maximum Gasteiger partial charge on any atom is 0.407 e. The van der Waals surface area contributed by atoms with Crippen molar-refractivity contribution in [2.45, 2.75) is 31.4 Å². The van der Waals surface area contributed by atoms with Gasteiger partial charge in [0.25, 0.3) is 0 Å². The first kappa shape index (κ1) is 23.3. The van der Waals surface area contributed by atoms with Crippen molar-refractivity contribution in [1.82, 2.24) is 10.6 Å². The van der Waals surface area contributed by atoms with E-state index in [1.165, 1.54) is 0 Å². The first-order valence-electron chi connectivity index (χ1n) is 8.54. The second-order valence-corrected chi connectivity index (χ2v) is 5.85. The van der Waals surface area contributed by atoms with Gasteiger partial charge in [0.1, 0.15) is 18.9 Å². The van der Waals surface area contributed by atoms with Crippen LogP contribution in [0.4, 0.5) is 4.79 Å². The van der Waals surface area contributed by atoms with Crippen LogP contribution in [0.5, 0.6) is 0 Å². The third kappa shape index (κ3) is 9.83. The number of aliphatic hydroxyl groups is 1. The summed E-state index contributed by atoms with van der Waals surface area (Å²) < 4.78 is 10.1. The standard InChI is InChI=1S/C17H26N4O7/c18-12(16(24)25)8-13(22)15(19)27-7-6-20-14(23)9-21-17(26)28-10-11-4-2-1-3-5-11/h1-5,12-13,15,22H,6-10,18-19H2,(H,20,23)(H,21,26)(H,24,25)/t12-,13?,15?/m0/s1. The number of benzene rings is 1. The number of aliphatic hydroxyl groups excluding tert-OH is 1. The Labute approximate surface area is 162 Å². The maximum atomic E-state index is 11.6. The number of ether oxygens (including phenoxy) is 2. The molecule has 0 aromatic heterocycles. The third-order valence-corrected chi connectivity index (χ3v) is 3.53. The highest BCUT2D eigenvalue weighted by atomic mass is 16.5. The average Bonchev–Trinajstić information content (AvgIpc) is 2.68. The molecular formula is C17H26N4O7. The maximum absolute atomic E-state index is 11.6. The number of aliphatic carboxylic acids is 1. The molecule has 0 saturated heterocycles. The number of alkyl carbamates (subject to hydrolysis) is 1. The van der Waals surface area contributed by atoms with Gasteiger partial charge in [0.05, 0.1) is 19.3 Å². The second kappa shape index (κ2) is 12.6. The van der Waals surface area contributed by atoms with E-state index in [-0.39, 0.29) is 32.7 Å². The second-order valence-electron chi connectivity index (χ2n) is 5.85. The van der Waals surface area contributed by atoms with Crippen LogP contribution in [0.3, 0.4) is 0 Å². The molecule has 11 nitrogen and oxygen atoms in total. The molecule has 3 atom stereocenters. The molecule has 0 spiro atoms. The number of carboxylic acids is 1. The van der Waals surface area contributed by atoms with E-state index in [4.69, 9.17) is 26.0 Å². The first-order chi connectivity index (χ1) is 13.3. The smallest absolute Gasteiger partial charge is 0.407 e. The van der Waals surface area contributed by atoms with Crippen molar-refractivity contribution in [2.24, 2.45) is 11.5 Å². The summed E-state index contributed by atoms with van der Waals surface area (Å²) in [5, 5.41) is 23.1. The lowest BCUT2D eigenvalue weighted by atomic mass is 10.1. The number of nitrogens with two attached hydrogens (primary N) is 2. The Bertz CT molecular complexity index is 629. The molecule has 0 heterocycles. The molecule has 0 aliphatic heterocycles. The van der Waals surface area contributed by atoms with Crippen LogP contribution in [-0.4, -0.2) is 66.3 Å². The number of hydrogen-bond acceptors (Lipinski definition) is 8. The van der Waals surface area contributed by atoms with E-state index in [2.05, 4.69) is 10.6 Å². The number of carbonyl (C=O) groups is 3. The summed E-state index contributed by atoms with van der Waals surface area (Å²) in [5.74, 6) is -1.73. The van der Waals surface area contributed by atoms with Crippen LogP contribution in [0.2, 0.25) is 0 Å². The van der Waals surface area contributed by atoms with E-state index in [0.29, 0.717) is 0 Å². The monoisotopic (exact) mass is 398 g/mol. The topological polar surface area (TPSA) is 186 Å². The number of carbonyl (C=O) groups excluding carboxylic acids is 2. The zero-order valence-electron chi connectivity index (χ0n) is 15.2. The molecule has 0 radical (unpaired) electrons. The Morgan fingerprint density at radius 1 is 1.11 bits per heavy atom. The van der Waals surface area contributed by atoms with E-state index >= 15 is 0 Å². The van der Waals surface area contributed by atoms with Crippen molar-refractivity contribution in [1.29, 1.82) is 0 Å². The highest BCUT2D eigenvalue weighted by Gasteiger charge is 2.22. The highest BCUT2D eigenvalue weighted by molar-refractivity contribution is 5.82. The fraction of sp³-hybridized carbons (Fsp3) is 0.471. The molecule has 0 aliphatic rings. The summed E-state index contributed by atoms with van der Waals surface area (Å²) in [5.41, 5.74) is 11.7. The van der Waals surface area contributed by atoms with E-state index in [1.807, 2.05) is 18.2 Å². The van der Waals surface area contributed by atoms with Gasteiger partial charge in [0, 0.05) is 13.0 Å². The predicted molar refractivity (Wildman–Crippen MR) is 97.8 cm³/mol. The Kier molecular flexibility index (Phi) is 10.5. The Hall–Kier alpha value is -2.73. The predicted octanol–water partition coefficient (Wildman–Crippen LogP) is -1.51. The van der Waals surface area contributed by atoms with Crippen molar-refractivity contribution in [3.63, 3.8) is 0 Å². The van der Waals surface area contributed by atoms with Gasteiger partial charge in [0.2, 0.25) is 5.91 Å². The van der Waals surface area contributed by atoms with Crippen LogP contribution in [0.15, 0.2) is 30.3 Å². The van der Waals surface area contributed by atoms with Crippen LogP contribution in [0.1, 0.15) is 12.0 Å². The van der Waals surface area contributed by atoms with Gasteiger partial charge in [-0.1, -0.05) is 30.3 Å². The van der Waals surface area contributed by atoms with Crippen molar-refractivity contribution >= 4 is 18.0 Å². The zero-order chi connectivity index (χ0) is 20.9. The van der Waals surface area contributed by atoms with Gasteiger partial charge < -0.3 is 41.8 Å². The van der Waals surface area contributed by atoms with Crippen molar-refractivity contribution in [3.8, 4) is 0 Å². The highest BCUT2D eigenvalue weighted by Crippen LogP contribution is 2.02. The minimum absolute atomic E-state index is 0.0231. The fourth-order valence-corrected chi connectivity index (χ4v) is 1.98. The average molecular weight is 398 g/mol. The van der Waals surface area contributed by atoms with E-state index in [0.717, 1.165) is 5.56 Å². The van der Waals surface area contributed by atoms with Crippen LogP contribution in [0.25, 0.3) is 0 Å². The fourth-order valence-electron chi connectivity index (χ4n) is 1.98. The number of rotatable bonds is 12. The van der Waals surface area contributed by atoms with Crippen LogP contribution in [-0.2, 0) is 25.7 Å². The van der Waals surface area contributed by atoms with E-state index in [1.54, 1.807) is 12.1 Å². The Balaban J connectivity index is 2.11. The van der Waals surface area contributed by atoms with E-state index in [9.17, 15) is 19.5 Å². The summed E-state index contributed by atoms with van der Waals surface area (Å²) in [7, 11) is 0. The molecule has 8 N–H and O–H groups in total. The molecule has 0 bridgehead atoms. The Morgan fingerprint density at radius 2 is 1.79 bits per heavy atom. The molecule has 2 unspecified atom stereocenters. The van der Waals surface area contributed by atoms with Crippen molar-refractivity contribution in [3.05, 3.63) is 35.9 Å². The normalized spacial score (nSPS) is 13.8. The van der Waals surface area contributed by atoms with Gasteiger partial charge >= 0.3 is 12.1 Å². The van der Waals surface area contributed by atoms with Gasteiger partial charge in [-0.3, -0.25) is 9.59 Å². The largest absolute Gasteiger partial charge is 0.480 e. The SMILES string of the molecule is NC(OCCNC(=O)CNC(=O)OCc1ccccc1)C(O)C[C@H](N)C(=O)O. The van der Waals surface area contributed by atoms with Crippen molar-refractivity contribution in [2.75, 3.05) is 19.7 Å². The number of carboxylic acid groups (broad SMARTS) is 1. The molecule has 11 heteroatoms. The van der Waals surface area contributed by atoms with Gasteiger partial charge in [0.15, 0.2) is 0 Å². The number of amides is 2. The van der Waals surface area contributed by atoms with Crippen LogP contribution in [0, 0.1) is 0 Å². The zero-order valence-corrected chi connectivity index (χ0v) is 15.2. The van der Waals surface area contributed by atoms with Gasteiger partial charge in [-0.25, -0.2) is 4.79 Å². The summed E-state index contributed by atoms with van der Waals surface area (Å²) >= 11 is 0. The minimum Gasteiger partial charge on any atom is -0.480 e. The molecule has 1 aromatic rings. The summed E-state index contributed by atoms with van der Waals surface area (Å²) in [4.78, 5) is 33.7. The van der Waals surface area contributed by atoms with Gasteiger partial charge in [-0.2, -0.15) is 0 Å². The van der Waals surface area contributed by atoms with Gasteiger partial charge in [-0.05, 0) is 5.56 Å². The molecule has 0 saturated carbocycles. The molecule has 0 fully saturated rings. The molecule has 0 aliphatic carbocycles. The summed E-state index contributed by atoms with van der Waals surface area (Å²) in [6.45, 7) is -0.140. The lowest BCUT2D eigenvalue weighted by Crippen LogP contribution is -2.44. The lowest BCUT2D eigenvalue weighted by molar-refractivity contribution is -0.140. The first-order valence-corrected chi connectivity index (χ1v) is 8.54.